The fourth-order valence-corrected chi connectivity index (χ4v) is 1.73. The van der Waals surface area contributed by atoms with E-state index in [0.717, 1.165) is 4.68 Å². The molecule has 0 amide bonds. The molecule has 2 aromatic rings. The van der Waals surface area contributed by atoms with Crippen LogP contribution in [0.15, 0.2) is 34.2 Å². The number of aromatic nitrogens is 3. The molecule has 8 nitrogen and oxygen atoms in total. The highest BCUT2D eigenvalue weighted by Gasteiger charge is 2.05. The summed E-state index contributed by atoms with van der Waals surface area (Å²) in [6.07, 6.45) is 1.36. The summed E-state index contributed by atoms with van der Waals surface area (Å²) in [5, 5.41) is 18.9. The molecule has 2 N–H and O–H groups in total. The van der Waals surface area contributed by atoms with Gasteiger partial charge in [-0.05, 0) is 31.3 Å². The van der Waals surface area contributed by atoms with Crippen LogP contribution >= 0.6 is 12.2 Å². The van der Waals surface area contributed by atoms with Crippen molar-refractivity contribution in [2.24, 2.45) is 5.10 Å². The molecule has 0 atom stereocenters. The van der Waals surface area contributed by atoms with E-state index in [1.165, 1.54) is 13.1 Å². The van der Waals surface area contributed by atoms with Crippen LogP contribution in [0, 0.1) is 11.7 Å². The number of rotatable bonds is 5. The molecule has 0 fully saturated rings. The third-order valence-electron chi connectivity index (χ3n) is 2.60. The minimum atomic E-state index is -1.09. The van der Waals surface area contributed by atoms with E-state index < -0.39 is 18.1 Å². The van der Waals surface area contributed by atoms with E-state index in [1.54, 1.807) is 24.3 Å². The quantitative estimate of drug-likeness (QED) is 0.627. The maximum absolute atomic E-state index is 11.9. The van der Waals surface area contributed by atoms with Crippen LogP contribution in [0.5, 0.6) is 5.75 Å². The zero-order chi connectivity index (χ0) is 16.1. The summed E-state index contributed by atoms with van der Waals surface area (Å²) in [7, 11) is 0. The van der Waals surface area contributed by atoms with Crippen LogP contribution in [0.3, 0.4) is 0 Å². The van der Waals surface area contributed by atoms with Crippen molar-refractivity contribution in [3.63, 3.8) is 0 Å². The molecule has 1 aromatic carbocycles. The Labute approximate surface area is 129 Å². The van der Waals surface area contributed by atoms with Crippen LogP contribution in [-0.4, -0.2) is 38.8 Å². The number of carboxylic acid groups (broad SMARTS) is 1. The summed E-state index contributed by atoms with van der Waals surface area (Å²) >= 11 is 4.96. The lowest BCUT2D eigenvalue weighted by Crippen LogP contribution is -2.22. The van der Waals surface area contributed by atoms with Crippen LogP contribution in [0.1, 0.15) is 11.3 Å². The fraction of sp³-hybridized carbons (Fsp3) is 0.154. The minimum absolute atomic E-state index is 0.0517. The van der Waals surface area contributed by atoms with E-state index >= 15 is 0 Å². The summed E-state index contributed by atoms with van der Waals surface area (Å²) in [4.78, 5) is 22.5. The number of ether oxygens (including phenoxy) is 1. The second-order valence-electron chi connectivity index (χ2n) is 4.20. The lowest BCUT2D eigenvalue weighted by atomic mass is 10.2. The Balaban J connectivity index is 2.35. The first-order chi connectivity index (χ1) is 10.5. The van der Waals surface area contributed by atoms with Crippen LogP contribution in [0.4, 0.5) is 0 Å². The summed E-state index contributed by atoms with van der Waals surface area (Å²) < 4.78 is 6.19. The Bertz CT molecular complexity index is 840. The standard InChI is InChI=1S/C13H12N4O4S/c1-8-12(20)17(13(22)16-15-8)14-6-9-4-2-3-5-10(9)21-7-11(18)19/h2-6H,7H2,1H3,(H,16,22)(H,18,19)/b14-6+. The highest BCUT2D eigenvalue weighted by atomic mass is 32.1. The number of benzene rings is 1. The van der Waals surface area contributed by atoms with Gasteiger partial charge in [0.1, 0.15) is 11.4 Å². The predicted molar refractivity (Wildman–Crippen MR) is 81.0 cm³/mol. The van der Waals surface area contributed by atoms with Crippen LogP contribution in [0.2, 0.25) is 0 Å². The number of para-hydroxylation sites is 1. The second kappa shape index (κ2) is 6.76. The Morgan fingerprint density at radius 1 is 1.55 bits per heavy atom. The first-order valence-electron chi connectivity index (χ1n) is 6.15. The van der Waals surface area contributed by atoms with E-state index in [-0.39, 0.29) is 10.5 Å². The summed E-state index contributed by atoms with van der Waals surface area (Å²) in [6, 6.07) is 6.71. The number of aryl methyl sites for hydroxylation is 1. The van der Waals surface area contributed by atoms with E-state index in [0.29, 0.717) is 11.3 Å². The second-order valence-corrected chi connectivity index (χ2v) is 4.58. The van der Waals surface area contributed by atoms with Crippen molar-refractivity contribution in [2.45, 2.75) is 6.92 Å². The van der Waals surface area contributed by atoms with Crippen molar-refractivity contribution < 1.29 is 14.6 Å². The highest BCUT2D eigenvalue weighted by Crippen LogP contribution is 2.15. The van der Waals surface area contributed by atoms with Crippen molar-refractivity contribution in [1.29, 1.82) is 0 Å². The SMILES string of the molecule is Cc1n[nH]c(=S)n(/N=C/c2ccccc2OCC(=O)O)c1=O. The number of nitrogens with zero attached hydrogens (tertiary/aromatic N) is 3. The van der Waals surface area contributed by atoms with Crippen molar-refractivity contribution in [2.75, 3.05) is 6.61 Å². The summed E-state index contributed by atoms with van der Waals surface area (Å²) in [5.74, 6) is -0.752. The fourth-order valence-electron chi connectivity index (χ4n) is 1.56. The normalized spacial score (nSPS) is 10.8. The zero-order valence-electron chi connectivity index (χ0n) is 11.5. The van der Waals surface area contributed by atoms with Crippen LogP contribution in [0.25, 0.3) is 0 Å². The lowest BCUT2D eigenvalue weighted by Gasteiger charge is -2.06. The number of nitrogens with one attached hydrogen (secondary N) is 1. The van der Waals surface area contributed by atoms with Crippen molar-refractivity contribution in [1.82, 2.24) is 14.9 Å². The number of aromatic amines is 1. The Kier molecular flexibility index (Phi) is 4.79. The Morgan fingerprint density at radius 2 is 2.27 bits per heavy atom. The number of hydrogen-bond donors (Lipinski definition) is 2. The van der Waals surface area contributed by atoms with Gasteiger partial charge in [0.05, 0.1) is 6.21 Å². The molecule has 0 saturated carbocycles. The van der Waals surface area contributed by atoms with E-state index in [4.69, 9.17) is 22.1 Å². The van der Waals surface area contributed by atoms with Crippen molar-refractivity contribution in [3.05, 3.63) is 50.6 Å². The van der Waals surface area contributed by atoms with Gasteiger partial charge >= 0.3 is 5.97 Å². The van der Waals surface area contributed by atoms with Gasteiger partial charge in [0.15, 0.2) is 6.61 Å². The molecule has 0 unspecified atom stereocenters. The molecule has 22 heavy (non-hydrogen) atoms. The monoisotopic (exact) mass is 320 g/mol. The minimum Gasteiger partial charge on any atom is -0.481 e. The van der Waals surface area contributed by atoms with Gasteiger partial charge in [-0.1, -0.05) is 12.1 Å². The van der Waals surface area contributed by atoms with Gasteiger partial charge < -0.3 is 9.84 Å². The third-order valence-corrected chi connectivity index (χ3v) is 2.86. The highest BCUT2D eigenvalue weighted by molar-refractivity contribution is 7.71. The molecule has 0 saturated heterocycles. The van der Waals surface area contributed by atoms with E-state index in [9.17, 15) is 9.59 Å². The van der Waals surface area contributed by atoms with Gasteiger partial charge in [0, 0.05) is 5.56 Å². The maximum atomic E-state index is 11.9. The number of carbonyl (C=O) groups is 1. The average Bonchev–Trinajstić information content (AvgIpc) is 2.50. The van der Waals surface area contributed by atoms with E-state index in [2.05, 4.69) is 15.3 Å². The molecule has 0 bridgehead atoms. The van der Waals surface area contributed by atoms with Gasteiger partial charge in [-0.25, -0.2) is 4.79 Å². The van der Waals surface area contributed by atoms with Crippen LogP contribution in [-0.2, 0) is 4.79 Å². The van der Waals surface area contributed by atoms with E-state index in [1.807, 2.05) is 0 Å². The predicted octanol–water partition coefficient (Wildman–Crippen LogP) is 0.955. The molecule has 114 valence electrons. The maximum Gasteiger partial charge on any atom is 0.341 e. The molecule has 0 aliphatic carbocycles. The van der Waals surface area contributed by atoms with Gasteiger partial charge in [-0.2, -0.15) is 14.9 Å². The smallest absolute Gasteiger partial charge is 0.341 e. The number of hydrogen-bond acceptors (Lipinski definition) is 6. The van der Waals surface area contributed by atoms with Gasteiger partial charge in [-0.15, -0.1) is 0 Å². The zero-order valence-corrected chi connectivity index (χ0v) is 12.3. The van der Waals surface area contributed by atoms with Crippen molar-refractivity contribution in [3.8, 4) is 5.75 Å². The Hall–Kier alpha value is -2.81. The summed E-state index contributed by atoms with van der Waals surface area (Å²) in [6.45, 7) is 1.06. The Morgan fingerprint density at radius 3 is 3.00 bits per heavy atom. The molecule has 2 rings (SSSR count). The van der Waals surface area contributed by atoms with Gasteiger partial charge in [0.25, 0.3) is 5.56 Å². The van der Waals surface area contributed by atoms with Gasteiger partial charge in [-0.3, -0.25) is 9.89 Å². The number of aliphatic carboxylic acids is 1. The molecule has 0 radical (unpaired) electrons. The van der Waals surface area contributed by atoms with Crippen molar-refractivity contribution >= 4 is 24.4 Å². The largest absolute Gasteiger partial charge is 0.481 e. The lowest BCUT2D eigenvalue weighted by molar-refractivity contribution is -0.139. The molecule has 1 aromatic heterocycles. The average molecular weight is 320 g/mol. The molecule has 0 aliphatic rings. The first-order valence-corrected chi connectivity index (χ1v) is 6.56. The summed E-state index contributed by atoms with van der Waals surface area (Å²) in [5.41, 5.74) is 0.296. The molecular formula is C13H12N4O4S. The molecule has 0 spiro atoms. The van der Waals surface area contributed by atoms with Gasteiger partial charge in [0.2, 0.25) is 4.77 Å². The third kappa shape index (κ3) is 3.64. The molecular weight excluding hydrogens is 308 g/mol. The molecule has 1 heterocycles. The molecule has 0 aliphatic heterocycles. The molecule has 9 heteroatoms. The number of H-pyrrole nitrogens is 1. The topological polar surface area (TPSA) is 110 Å². The first kappa shape index (κ1) is 15.6. The number of carboxylic acids is 1. The van der Waals surface area contributed by atoms with Crippen LogP contribution < -0.4 is 10.3 Å².